The number of aromatic nitrogens is 2. The van der Waals surface area contributed by atoms with Gasteiger partial charge in [-0.1, -0.05) is 12.1 Å². The van der Waals surface area contributed by atoms with E-state index in [9.17, 15) is 25.3 Å². The second-order valence-electron chi connectivity index (χ2n) is 7.27. The Hall–Kier alpha value is -4.39. The lowest BCUT2D eigenvalue weighted by molar-refractivity contribution is -0.384. The van der Waals surface area contributed by atoms with Gasteiger partial charge in [0.2, 0.25) is 0 Å². The predicted octanol–water partition coefficient (Wildman–Crippen LogP) is 3.72. The molecule has 0 saturated carbocycles. The van der Waals surface area contributed by atoms with Gasteiger partial charge in [-0.15, -0.1) is 0 Å². The van der Waals surface area contributed by atoms with Crippen molar-refractivity contribution in [1.82, 2.24) is 9.97 Å². The van der Waals surface area contributed by atoms with E-state index in [1.165, 1.54) is 18.2 Å². The fraction of sp³-hybridized carbons (Fsp3) is 0.227. The summed E-state index contributed by atoms with van der Waals surface area (Å²) in [4.78, 5) is 32.5. The van der Waals surface area contributed by atoms with Gasteiger partial charge in [0, 0.05) is 19.2 Å². The molecule has 0 aliphatic carbocycles. The van der Waals surface area contributed by atoms with E-state index >= 15 is 0 Å². The number of nitrogens with one attached hydrogen (secondary N) is 1. The minimum Gasteiger partial charge on any atom is -0.507 e. The molecular formula is C22H19N5O5. The zero-order chi connectivity index (χ0) is 22.7. The van der Waals surface area contributed by atoms with Gasteiger partial charge in [-0.3, -0.25) is 10.1 Å². The number of rotatable bonds is 6. The smallest absolute Gasteiger partial charge is 0.338 e. The van der Waals surface area contributed by atoms with E-state index < -0.39 is 23.3 Å². The maximum absolute atomic E-state index is 12.4. The van der Waals surface area contributed by atoms with Gasteiger partial charge in [0.25, 0.3) is 5.69 Å². The van der Waals surface area contributed by atoms with Crippen LogP contribution in [0.1, 0.15) is 29.0 Å². The van der Waals surface area contributed by atoms with Crippen molar-refractivity contribution in [3.05, 3.63) is 69.7 Å². The molecule has 1 aliphatic heterocycles. The third-order valence-corrected chi connectivity index (χ3v) is 5.22. The van der Waals surface area contributed by atoms with Crippen molar-refractivity contribution in [1.29, 1.82) is 5.26 Å². The van der Waals surface area contributed by atoms with E-state index in [0.29, 0.717) is 16.7 Å². The van der Waals surface area contributed by atoms with Crippen molar-refractivity contribution >= 4 is 34.0 Å². The van der Waals surface area contributed by atoms with Gasteiger partial charge in [-0.2, -0.15) is 5.26 Å². The number of nitrogens with zero attached hydrogens (tertiary/aromatic N) is 4. The van der Waals surface area contributed by atoms with E-state index in [4.69, 9.17) is 4.74 Å². The predicted molar refractivity (Wildman–Crippen MR) is 116 cm³/mol. The molecule has 4 rings (SSSR count). The number of aliphatic hydroxyl groups excluding tert-OH is 1. The zero-order valence-corrected chi connectivity index (χ0v) is 16.9. The quantitative estimate of drug-likeness (QED) is 0.197. The van der Waals surface area contributed by atoms with E-state index in [1.807, 2.05) is 11.0 Å². The molecule has 2 N–H and O–H groups in total. The van der Waals surface area contributed by atoms with Gasteiger partial charge < -0.3 is 19.7 Å². The number of benzene rings is 2. The summed E-state index contributed by atoms with van der Waals surface area (Å²) in [6.07, 6.45) is 1.91. The highest BCUT2D eigenvalue weighted by atomic mass is 16.6. The van der Waals surface area contributed by atoms with Crippen LogP contribution in [0.2, 0.25) is 0 Å². The molecular weight excluding hydrogens is 414 g/mol. The SMILES string of the molecule is N#C/C(=C(\O)COC(=O)c1ccc(N2CCCC2)c([N+](=O)[O-])c1)c1nc2ccccc2[nH]1. The molecule has 1 aromatic heterocycles. The fourth-order valence-corrected chi connectivity index (χ4v) is 3.64. The molecule has 10 nitrogen and oxygen atoms in total. The molecule has 3 aromatic rings. The Morgan fingerprint density at radius 3 is 2.72 bits per heavy atom. The van der Waals surface area contributed by atoms with Crippen molar-refractivity contribution in [2.75, 3.05) is 24.6 Å². The number of hydrogen-bond donors (Lipinski definition) is 2. The molecule has 0 radical (unpaired) electrons. The summed E-state index contributed by atoms with van der Waals surface area (Å²) in [7, 11) is 0. The van der Waals surface area contributed by atoms with Crippen molar-refractivity contribution in [2.24, 2.45) is 0 Å². The normalized spacial score (nSPS) is 14.2. The number of hydrogen-bond acceptors (Lipinski definition) is 8. The van der Waals surface area contributed by atoms with Crippen molar-refractivity contribution < 1.29 is 19.6 Å². The van der Waals surface area contributed by atoms with Crippen LogP contribution in [-0.4, -0.2) is 45.7 Å². The Morgan fingerprint density at radius 1 is 1.28 bits per heavy atom. The molecule has 1 aliphatic rings. The minimum atomic E-state index is -0.852. The second-order valence-corrected chi connectivity index (χ2v) is 7.27. The highest BCUT2D eigenvalue weighted by molar-refractivity contribution is 5.92. The van der Waals surface area contributed by atoms with Crippen LogP contribution in [0.4, 0.5) is 11.4 Å². The molecule has 1 saturated heterocycles. The number of allylic oxidation sites excluding steroid dienone is 1. The molecule has 0 spiro atoms. The maximum Gasteiger partial charge on any atom is 0.338 e. The number of anilines is 1. The van der Waals surface area contributed by atoms with Gasteiger partial charge in [0.15, 0.2) is 11.6 Å². The maximum atomic E-state index is 12.4. The topological polar surface area (TPSA) is 145 Å². The first-order valence-electron chi connectivity index (χ1n) is 9.96. The summed E-state index contributed by atoms with van der Waals surface area (Å²) < 4.78 is 5.09. The fourth-order valence-electron chi connectivity index (χ4n) is 3.64. The van der Waals surface area contributed by atoms with E-state index in [2.05, 4.69) is 9.97 Å². The van der Waals surface area contributed by atoms with Crippen LogP contribution < -0.4 is 4.90 Å². The number of esters is 1. The number of carbonyl (C=O) groups excluding carboxylic acids is 1. The molecule has 0 atom stereocenters. The molecule has 10 heteroatoms. The minimum absolute atomic E-state index is 0.0188. The number of carbonyl (C=O) groups is 1. The van der Waals surface area contributed by atoms with Gasteiger partial charge in [-0.05, 0) is 37.1 Å². The van der Waals surface area contributed by atoms with E-state index in [1.54, 1.807) is 24.3 Å². The number of aromatic amines is 1. The van der Waals surface area contributed by atoms with Crippen LogP contribution in [0, 0.1) is 21.4 Å². The Kier molecular flexibility index (Phi) is 5.72. The zero-order valence-electron chi connectivity index (χ0n) is 16.9. The number of nitro benzene ring substituents is 1. The first kappa shape index (κ1) is 20.9. The Labute approximate surface area is 182 Å². The van der Waals surface area contributed by atoms with Crippen LogP contribution in [0.25, 0.3) is 16.6 Å². The number of nitro groups is 1. The van der Waals surface area contributed by atoms with Crippen molar-refractivity contribution in [3.63, 3.8) is 0 Å². The molecule has 1 fully saturated rings. The lowest BCUT2D eigenvalue weighted by Gasteiger charge is -2.17. The molecule has 2 aromatic carbocycles. The van der Waals surface area contributed by atoms with Gasteiger partial charge >= 0.3 is 5.97 Å². The molecule has 2 heterocycles. The summed E-state index contributed by atoms with van der Waals surface area (Å²) in [5.41, 5.74) is 1.40. The number of nitriles is 1. The van der Waals surface area contributed by atoms with Crippen molar-refractivity contribution in [3.8, 4) is 6.07 Å². The van der Waals surface area contributed by atoms with Crippen LogP contribution >= 0.6 is 0 Å². The van der Waals surface area contributed by atoms with Gasteiger partial charge in [0.1, 0.15) is 23.9 Å². The Bertz CT molecular complexity index is 1230. The average Bonchev–Trinajstić information content (AvgIpc) is 3.47. The summed E-state index contributed by atoms with van der Waals surface area (Å²) in [5.74, 6) is -1.19. The largest absolute Gasteiger partial charge is 0.507 e. The highest BCUT2D eigenvalue weighted by Crippen LogP contribution is 2.32. The standard InChI is InChI=1S/C22H19N5O5/c23-12-15(21-24-16-5-1-2-6-17(16)25-21)20(28)13-32-22(29)14-7-8-18(19(11-14)27(30)31)26-9-3-4-10-26/h1-2,5-8,11,28H,3-4,9-10,13H2,(H,24,25)/b20-15+. The molecule has 0 amide bonds. The Morgan fingerprint density at radius 2 is 2.03 bits per heavy atom. The monoisotopic (exact) mass is 433 g/mol. The molecule has 162 valence electrons. The van der Waals surface area contributed by atoms with Gasteiger partial charge in [-0.25, -0.2) is 9.78 Å². The highest BCUT2D eigenvalue weighted by Gasteiger charge is 2.24. The first-order valence-corrected chi connectivity index (χ1v) is 9.96. The van der Waals surface area contributed by atoms with Gasteiger partial charge in [0.05, 0.1) is 21.5 Å². The number of imidazole rings is 1. The third-order valence-electron chi connectivity index (χ3n) is 5.22. The summed E-state index contributed by atoms with van der Waals surface area (Å²) in [5, 5.41) is 31.3. The summed E-state index contributed by atoms with van der Waals surface area (Å²) in [6, 6.07) is 13.1. The summed E-state index contributed by atoms with van der Waals surface area (Å²) in [6.45, 7) is 0.866. The van der Waals surface area contributed by atoms with E-state index in [-0.39, 0.29) is 22.6 Å². The number of para-hydroxylation sites is 2. The lowest BCUT2D eigenvalue weighted by Crippen LogP contribution is -2.19. The number of fused-ring (bicyclic) bond motifs is 1. The van der Waals surface area contributed by atoms with Crippen LogP contribution in [0.3, 0.4) is 0 Å². The molecule has 32 heavy (non-hydrogen) atoms. The van der Waals surface area contributed by atoms with Crippen LogP contribution in [-0.2, 0) is 4.74 Å². The second kappa shape index (κ2) is 8.77. The Balaban J connectivity index is 1.52. The molecule has 0 bridgehead atoms. The lowest BCUT2D eigenvalue weighted by atomic mass is 10.1. The van der Waals surface area contributed by atoms with E-state index in [0.717, 1.165) is 25.9 Å². The van der Waals surface area contributed by atoms with Crippen LogP contribution in [0.5, 0.6) is 0 Å². The summed E-state index contributed by atoms with van der Waals surface area (Å²) >= 11 is 0. The number of aliphatic hydroxyl groups is 1. The van der Waals surface area contributed by atoms with Crippen LogP contribution in [0.15, 0.2) is 48.2 Å². The van der Waals surface area contributed by atoms with Crippen molar-refractivity contribution in [2.45, 2.75) is 12.8 Å². The number of ether oxygens (including phenoxy) is 1. The molecule has 0 unspecified atom stereocenters. The average molecular weight is 433 g/mol. The first-order chi connectivity index (χ1) is 15.5. The third kappa shape index (κ3) is 4.09. The number of H-pyrrole nitrogens is 1.